The molecule has 0 heterocycles. The van der Waals surface area contributed by atoms with Crippen LogP contribution in [0.15, 0.2) is 60.7 Å². The maximum absolute atomic E-state index is 12.9. The molecular weight excluding hydrogens is 543 g/mol. The zero-order chi connectivity index (χ0) is 27.3. The van der Waals surface area contributed by atoms with E-state index in [2.05, 4.69) is 5.32 Å². The van der Waals surface area contributed by atoms with Crippen molar-refractivity contribution in [1.82, 2.24) is 0 Å². The van der Waals surface area contributed by atoms with E-state index in [1.807, 2.05) is 0 Å². The summed E-state index contributed by atoms with van der Waals surface area (Å²) in [5.41, 5.74) is 1.15. The summed E-state index contributed by atoms with van der Waals surface area (Å²) in [5.74, 6) is -1.97. The number of sulfonamides is 1. The van der Waals surface area contributed by atoms with Crippen LogP contribution >= 0.6 is 23.2 Å². The molecule has 0 saturated heterocycles. The van der Waals surface area contributed by atoms with Crippen LogP contribution in [0, 0.1) is 0 Å². The Hall–Kier alpha value is -3.60. The molecule has 0 bridgehead atoms. The van der Waals surface area contributed by atoms with Gasteiger partial charge in [-0.2, -0.15) is 0 Å². The van der Waals surface area contributed by atoms with E-state index in [1.165, 1.54) is 56.7 Å². The van der Waals surface area contributed by atoms with E-state index in [9.17, 15) is 22.8 Å². The maximum Gasteiger partial charge on any atom is 0.337 e. The summed E-state index contributed by atoms with van der Waals surface area (Å²) in [4.78, 5) is 36.8. The van der Waals surface area contributed by atoms with Crippen molar-refractivity contribution in [2.75, 3.05) is 30.1 Å². The normalized spacial score (nSPS) is 10.9. The lowest BCUT2D eigenvalue weighted by Crippen LogP contribution is -2.29. The first-order chi connectivity index (χ1) is 17.4. The van der Waals surface area contributed by atoms with Crippen LogP contribution in [-0.4, -0.2) is 46.7 Å². The minimum atomic E-state index is -3.73. The molecule has 0 radical (unpaired) electrons. The Kier molecular flexibility index (Phi) is 8.80. The largest absolute Gasteiger partial charge is 0.465 e. The second-order valence-corrected chi connectivity index (χ2v) is 10.5. The molecular formula is C25H22Cl2N2O7S. The zero-order valence-electron chi connectivity index (χ0n) is 19.9. The van der Waals surface area contributed by atoms with Crippen molar-refractivity contribution in [3.8, 4) is 0 Å². The van der Waals surface area contributed by atoms with Crippen LogP contribution in [0.1, 0.15) is 36.6 Å². The molecule has 0 saturated carbocycles. The predicted octanol–water partition coefficient (Wildman–Crippen LogP) is 4.79. The number of benzene rings is 3. The highest BCUT2D eigenvalue weighted by molar-refractivity contribution is 7.92. The van der Waals surface area contributed by atoms with E-state index in [0.717, 1.165) is 10.6 Å². The number of carbonyl (C=O) groups excluding carboxylic acids is 3. The number of nitrogens with zero attached hydrogens (tertiary/aromatic N) is 1. The molecule has 37 heavy (non-hydrogen) atoms. The lowest BCUT2D eigenvalue weighted by Gasteiger charge is -2.23. The second kappa shape index (κ2) is 11.6. The Balaban J connectivity index is 1.88. The van der Waals surface area contributed by atoms with Gasteiger partial charge in [0.1, 0.15) is 0 Å². The average molecular weight is 565 g/mol. The van der Waals surface area contributed by atoms with Gasteiger partial charge in [-0.3, -0.25) is 9.10 Å². The molecule has 0 unspecified atom stereocenters. The molecule has 0 aliphatic heterocycles. The summed E-state index contributed by atoms with van der Waals surface area (Å²) in [7, 11) is -1.36. The standard InChI is InChI=1S/C25H22Cl2N2O7S/c1-35-24(31)16-11-17(25(32)36-2)13-18(12-16)28-23(30)15-7-9-19(10-8-15)29(37(3,33)34)14-20-21(26)5-4-6-22(20)27/h4-13H,14H2,1-3H3,(H,28,30). The van der Waals surface area contributed by atoms with Gasteiger partial charge >= 0.3 is 11.9 Å². The van der Waals surface area contributed by atoms with Gasteiger partial charge in [-0.15, -0.1) is 0 Å². The summed E-state index contributed by atoms with van der Waals surface area (Å²) in [6, 6.07) is 14.7. The van der Waals surface area contributed by atoms with E-state index < -0.39 is 27.9 Å². The van der Waals surface area contributed by atoms with Crippen LogP contribution in [0.25, 0.3) is 0 Å². The lowest BCUT2D eigenvalue weighted by atomic mass is 10.1. The molecule has 12 heteroatoms. The number of carbonyl (C=O) groups is 3. The van der Waals surface area contributed by atoms with Gasteiger partial charge in [-0.25, -0.2) is 18.0 Å². The molecule has 0 fully saturated rings. The highest BCUT2D eigenvalue weighted by atomic mass is 35.5. The Labute approximate surface area is 223 Å². The van der Waals surface area contributed by atoms with Gasteiger partial charge in [-0.1, -0.05) is 29.3 Å². The SMILES string of the molecule is COC(=O)c1cc(NC(=O)c2ccc(N(Cc3c(Cl)cccc3Cl)S(C)(=O)=O)cc2)cc(C(=O)OC)c1. The molecule has 3 rings (SSSR count). The Morgan fingerprint density at radius 3 is 1.81 bits per heavy atom. The van der Waals surface area contributed by atoms with Gasteiger partial charge in [0.2, 0.25) is 10.0 Å². The van der Waals surface area contributed by atoms with E-state index in [4.69, 9.17) is 32.7 Å². The van der Waals surface area contributed by atoms with Gasteiger partial charge in [0.25, 0.3) is 5.91 Å². The Morgan fingerprint density at radius 2 is 1.35 bits per heavy atom. The summed E-state index contributed by atoms with van der Waals surface area (Å²) in [5, 5.41) is 3.24. The van der Waals surface area contributed by atoms with Crippen molar-refractivity contribution < 1.29 is 32.3 Å². The van der Waals surface area contributed by atoms with Gasteiger partial charge in [0.05, 0.1) is 43.8 Å². The lowest BCUT2D eigenvalue weighted by molar-refractivity contribution is 0.0598. The van der Waals surface area contributed by atoms with Crippen molar-refractivity contribution in [2.24, 2.45) is 0 Å². The van der Waals surface area contributed by atoms with Crippen molar-refractivity contribution in [3.05, 3.63) is 93.0 Å². The Morgan fingerprint density at radius 1 is 0.838 bits per heavy atom. The highest BCUT2D eigenvalue weighted by Gasteiger charge is 2.21. The van der Waals surface area contributed by atoms with Crippen molar-refractivity contribution in [3.63, 3.8) is 0 Å². The minimum absolute atomic E-state index is 0.0399. The third-order valence-electron chi connectivity index (χ3n) is 5.21. The summed E-state index contributed by atoms with van der Waals surface area (Å²) < 4.78 is 35.6. The summed E-state index contributed by atoms with van der Waals surface area (Å²) in [6.07, 6.45) is 1.05. The van der Waals surface area contributed by atoms with Crippen molar-refractivity contribution in [2.45, 2.75) is 6.54 Å². The topological polar surface area (TPSA) is 119 Å². The third-order valence-corrected chi connectivity index (χ3v) is 7.06. The van der Waals surface area contributed by atoms with E-state index >= 15 is 0 Å². The number of hydrogen-bond donors (Lipinski definition) is 1. The zero-order valence-corrected chi connectivity index (χ0v) is 22.3. The molecule has 0 aliphatic rings. The van der Waals surface area contributed by atoms with Gasteiger partial charge < -0.3 is 14.8 Å². The number of amides is 1. The van der Waals surface area contributed by atoms with Gasteiger partial charge in [-0.05, 0) is 54.6 Å². The van der Waals surface area contributed by atoms with E-state index in [-0.39, 0.29) is 34.6 Å². The van der Waals surface area contributed by atoms with Crippen LogP contribution in [0.3, 0.4) is 0 Å². The fraction of sp³-hybridized carbons (Fsp3) is 0.160. The van der Waals surface area contributed by atoms with Crippen LogP contribution in [0.2, 0.25) is 10.0 Å². The number of anilines is 2. The smallest absolute Gasteiger partial charge is 0.337 e. The van der Waals surface area contributed by atoms with Gasteiger partial charge in [0, 0.05) is 26.9 Å². The van der Waals surface area contributed by atoms with Crippen LogP contribution in [0.4, 0.5) is 11.4 Å². The van der Waals surface area contributed by atoms with Crippen molar-refractivity contribution in [1.29, 1.82) is 0 Å². The van der Waals surface area contributed by atoms with Gasteiger partial charge in [0.15, 0.2) is 0 Å². The first-order valence-corrected chi connectivity index (χ1v) is 13.2. The number of nitrogens with one attached hydrogen (secondary N) is 1. The number of rotatable bonds is 8. The van der Waals surface area contributed by atoms with Crippen molar-refractivity contribution >= 4 is 62.4 Å². The molecule has 0 spiro atoms. The fourth-order valence-corrected chi connectivity index (χ4v) is 4.77. The fourth-order valence-electron chi connectivity index (χ4n) is 3.38. The van der Waals surface area contributed by atoms with E-state index in [0.29, 0.717) is 15.6 Å². The number of halogens is 2. The van der Waals surface area contributed by atoms with Crippen LogP contribution in [0.5, 0.6) is 0 Å². The second-order valence-electron chi connectivity index (χ2n) is 7.75. The summed E-state index contributed by atoms with van der Waals surface area (Å²) in [6.45, 7) is -0.112. The molecule has 0 aromatic heterocycles. The molecule has 194 valence electrons. The molecule has 3 aromatic carbocycles. The first kappa shape index (κ1) is 28.0. The number of methoxy groups -OCH3 is 2. The molecule has 9 nitrogen and oxygen atoms in total. The molecule has 0 aliphatic carbocycles. The average Bonchev–Trinajstić information content (AvgIpc) is 2.86. The van der Waals surface area contributed by atoms with E-state index in [1.54, 1.807) is 18.2 Å². The quantitative estimate of drug-likeness (QED) is 0.391. The number of esters is 2. The van der Waals surface area contributed by atoms with Crippen LogP contribution in [-0.2, 0) is 26.0 Å². The maximum atomic E-state index is 12.9. The third kappa shape index (κ3) is 6.79. The number of ether oxygens (including phenoxy) is 2. The molecule has 3 aromatic rings. The first-order valence-electron chi connectivity index (χ1n) is 10.6. The summed E-state index contributed by atoms with van der Waals surface area (Å²) >= 11 is 12.4. The highest BCUT2D eigenvalue weighted by Crippen LogP contribution is 2.29. The predicted molar refractivity (Wildman–Crippen MR) is 141 cm³/mol. The monoisotopic (exact) mass is 564 g/mol. The Bertz CT molecular complexity index is 1400. The minimum Gasteiger partial charge on any atom is -0.465 e. The molecule has 0 atom stereocenters. The number of hydrogen-bond acceptors (Lipinski definition) is 7. The molecule has 1 N–H and O–H groups in total. The van der Waals surface area contributed by atoms with Crippen LogP contribution < -0.4 is 9.62 Å². The molecule has 1 amide bonds.